The van der Waals surface area contributed by atoms with E-state index in [4.69, 9.17) is 21.6 Å². The number of fused-ring (bicyclic) bond motifs is 1. The van der Waals surface area contributed by atoms with Gasteiger partial charge in [-0.3, -0.25) is 23.5 Å². The minimum absolute atomic E-state index is 0.0892. The lowest BCUT2D eigenvalue weighted by atomic mass is 9.93. The Morgan fingerprint density at radius 2 is 1.80 bits per heavy atom. The second-order valence-electron chi connectivity index (χ2n) is 8.04. The molecule has 10 nitrogen and oxygen atoms in total. The molecular formula is C24H26ClN5O5. The average Bonchev–Trinajstić information content (AvgIpc) is 2.82. The van der Waals surface area contributed by atoms with E-state index >= 15 is 0 Å². The van der Waals surface area contributed by atoms with Crippen LogP contribution in [0.5, 0.6) is 0 Å². The van der Waals surface area contributed by atoms with E-state index in [1.165, 1.54) is 10.6 Å². The third-order valence-electron chi connectivity index (χ3n) is 5.64. The van der Waals surface area contributed by atoms with Crippen LogP contribution >= 0.6 is 11.6 Å². The molecule has 0 aliphatic heterocycles. The fourth-order valence-electron chi connectivity index (χ4n) is 3.85. The molecule has 0 fully saturated rings. The van der Waals surface area contributed by atoms with E-state index in [1.54, 1.807) is 25.1 Å². The molecule has 11 heteroatoms. The predicted octanol–water partition coefficient (Wildman–Crippen LogP) is 2.21. The van der Waals surface area contributed by atoms with E-state index in [0.29, 0.717) is 45.9 Å². The lowest BCUT2D eigenvalue weighted by Gasteiger charge is -2.21. The zero-order chi connectivity index (χ0) is 25.7. The number of rotatable bonds is 8. The highest BCUT2D eigenvalue weighted by Gasteiger charge is 2.21. The summed E-state index contributed by atoms with van der Waals surface area (Å²) in [4.78, 5) is 49.7. The molecule has 2 aromatic rings. The van der Waals surface area contributed by atoms with E-state index in [1.807, 2.05) is 19.9 Å². The number of hydrogen-bond donors (Lipinski definition) is 2. The van der Waals surface area contributed by atoms with Gasteiger partial charge in [-0.15, -0.1) is 0 Å². The van der Waals surface area contributed by atoms with Gasteiger partial charge >= 0.3 is 5.69 Å². The average molecular weight is 500 g/mol. The van der Waals surface area contributed by atoms with Gasteiger partial charge in [0.05, 0.1) is 22.0 Å². The first-order valence-electron chi connectivity index (χ1n) is 11.1. The molecule has 1 atom stereocenters. The number of carbonyl (C=O) groups excluding carboxylic acids is 2. The molecule has 0 saturated heterocycles. The number of benzene rings is 1. The molecule has 35 heavy (non-hydrogen) atoms. The standard InChI is InChI=1S/C24H26ClN5O5/c1-4-29-20-7-6-16(9-17(20)23(33)30(5-2)24(29)34)27-21(31)12-35-13-22(32)28-19-10-18(25)15(11-26)8-14(19)3/h6-7,9-10,14H,4-5,8,12-13H2,1-3H3,(H,27,31)(H,28,32). The third kappa shape index (κ3) is 5.70. The maximum absolute atomic E-state index is 12.7. The number of nitriles is 1. The summed E-state index contributed by atoms with van der Waals surface area (Å²) in [5.41, 5.74) is 1.09. The van der Waals surface area contributed by atoms with Crippen molar-refractivity contribution in [3.8, 4) is 6.07 Å². The van der Waals surface area contributed by atoms with Crippen molar-refractivity contribution < 1.29 is 14.3 Å². The first-order valence-corrected chi connectivity index (χ1v) is 11.5. The number of nitrogens with one attached hydrogen (secondary N) is 2. The molecule has 2 N–H and O–H groups in total. The van der Waals surface area contributed by atoms with Crippen molar-refractivity contribution in [2.24, 2.45) is 5.92 Å². The quantitative estimate of drug-likeness (QED) is 0.571. The Morgan fingerprint density at radius 1 is 1.14 bits per heavy atom. The molecule has 1 aliphatic rings. The van der Waals surface area contributed by atoms with E-state index in [0.717, 1.165) is 4.57 Å². The Balaban J connectivity index is 1.61. The molecule has 0 saturated carbocycles. The fraction of sp³-hybridized carbons (Fsp3) is 0.375. The molecule has 1 heterocycles. The van der Waals surface area contributed by atoms with Crippen molar-refractivity contribution in [3.63, 3.8) is 0 Å². The number of allylic oxidation sites excluding steroid dienone is 4. The topological polar surface area (TPSA) is 135 Å². The molecule has 1 aliphatic carbocycles. The molecule has 3 rings (SSSR count). The van der Waals surface area contributed by atoms with Crippen LogP contribution in [-0.2, 0) is 27.4 Å². The number of halogens is 1. The Labute approximate surface area is 206 Å². The summed E-state index contributed by atoms with van der Waals surface area (Å²) < 4.78 is 7.86. The fourth-order valence-corrected chi connectivity index (χ4v) is 4.09. The van der Waals surface area contributed by atoms with Crippen molar-refractivity contribution in [2.45, 2.75) is 40.3 Å². The summed E-state index contributed by atoms with van der Waals surface area (Å²) >= 11 is 6.04. The lowest BCUT2D eigenvalue weighted by molar-refractivity contribution is -0.128. The van der Waals surface area contributed by atoms with Crippen molar-refractivity contribution in [1.29, 1.82) is 5.26 Å². The van der Waals surface area contributed by atoms with Gasteiger partial charge in [0.2, 0.25) is 11.8 Å². The second-order valence-corrected chi connectivity index (χ2v) is 8.45. The molecule has 0 bridgehead atoms. The first-order chi connectivity index (χ1) is 16.7. The molecule has 1 aromatic heterocycles. The minimum Gasteiger partial charge on any atom is -0.362 e. The number of anilines is 1. The van der Waals surface area contributed by atoms with Gasteiger partial charge in [0, 0.05) is 36.0 Å². The number of amides is 2. The van der Waals surface area contributed by atoms with Crippen LogP contribution in [0.25, 0.3) is 10.9 Å². The summed E-state index contributed by atoms with van der Waals surface area (Å²) in [7, 11) is 0. The van der Waals surface area contributed by atoms with Gasteiger partial charge in [-0.05, 0) is 44.5 Å². The summed E-state index contributed by atoms with van der Waals surface area (Å²) in [6.07, 6.45) is 1.97. The minimum atomic E-state index is -0.508. The zero-order valence-electron chi connectivity index (χ0n) is 19.7. The van der Waals surface area contributed by atoms with Gasteiger partial charge < -0.3 is 15.4 Å². The number of aryl methyl sites for hydroxylation is 1. The van der Waals surface area contributed by atoms with Crippen LogP contribution in [0.1, 0.15) is 27.2 Å². The largest absolute Gasteiger partial charge is 0.362 e. The van der Waals surface area contributed by atoms with Crippen LogP contribution in [0.15, 0.2) is 50.2 Å². The van der Waals surface area contributed by atoms with E-state index < -0.39 is 17.4 Å². The van der Waals surface area contributed by atoms with Gasteiger partial charge in [0.25, 0.3) is 5.56 Å². The molecule has 0 spiro atoms. The van der Waals surface area contributed by atoms with Gasteiger partial charge in [0.15, 0.2) is 0 Å². The molecule has 2 amide bonds. The van der Waals surface area contributed by atoms with Crippen LogP contribution in [0, 0.1) is 17.2 Å². The lowest BCUT2D eigenvalue weighted by Crippen LogP contribution is -2.39. The van der Waals surface area contributed by atoms with Crippen molar-refractivity contribution in [2.75, 3.05) is 18.5 Å². The highest BCUT2D eigenvalue weighted by molar-refractivity contribution is 6.32. The Morgan fingerprint density at radius 3 is 2.43 bits per heavy atom. The SMILES string of the molecule is CCn1c(=O)c2cc(NC(=O)COCC(=O)NC3=CC(Cl)=C(C#N)CC3C)ccc2n(CC)c1=O. The normalized spacial score (nSPS) is 15.5. The van der Waals surface area contributed by atoms with Crippen LogP contribution in [0.2, 0.25) is 0 Å². The monoisotopic (exact) mass is 499 g/mol. The number of ether oxygens (including phenoxy) is 1. The predicted molar refractivity (Wildman–Crippen MR) is 132 cm³/mol. The van der Waals surface area contributed by atoms with Crippen LogP contribution in [-0.4, -0.2) is 34.2 Å². The summed E-state index contributed by atoms with van der Waals surface area (Å²) in [6, 6.07) is 6.76. The number of nitrogens with zero attached hydrogens (tertiary/aromatic N) is 3. The summed E-state index contributed by atoms with van der Waals surface area (Å²) in [5, 5.41) is 15.0. The maximum Gasteiger partial charge on any atom is 0.331 e. The molecular weight excluding hydrogens is 474 g/mol. The third-order valence-corrected chi connectivity index (χ3v) is 5.97. The number of hydrogen-bond acceptors (Lipinski definition) is 6. The van der Waals surface area contributed by atoms with Gasteiger partial charge in [0.1, 0.15) is 13.2 Å². The van der Waals surface area contributed by atoms with Crippen LogP contribution in [0.3, 0.4) is 0 Å². The Bertz CT molecular complexity index is 1400. The highest BCUT2D eigenvalue weighted by atomic mass is 35.5. The summed E-state index contributed by atoms with van der Waals surface area (Å²) in [5.74, 6) is -1.05. The van der Waals surface area contributed by atoms with Crippen LogP contribution < -0.4 is 21.9 Å². The molecule has 0 radical (unpaired) electrons. The zero-order valence-corrected chi connectivity index (χ0v) is 20.4. The van der Waals surface area contributed by atoms with Crippen LogP contribution in [0.4, 0.5) is 5.69 Å². The van der Waals surface area contributed by atoms with Crippen molar-refractivity contribution in [3.05, 3.63) is 61.4 Å². The number of carbonyl (C=O) groups is 2. The molecule has 184 valence electrons. The van der Waals surface area contributed by atoms with E-state index in [9.17, 15) is 19.2 Å². The van der Waals surface area contributed by atoms with Gasteiger partial charge in [-0.25, -0.2) is 4.79 Å². The Hall–Kier alpha value is -3.68. The molecule has 1 aromatic carbocycles. The number of aromatic nitrogens is 2. The maximum atomic E-state index is 12.7. The smallest absolute Gasteiger partial charge is 0.331 e. The Kier molecular flexibility index (Phi) is 8.27. The van der Waals surface area contributed by atoms with Crippen molar-refractivity contribution in [1.82, 2.24) is 14.5 Å². The second kappa shape index (κ2) is 11.2. The van der Waals surface area contributed by atoms with E-state index in [2.05, 4.69) is 10.6 Å². The van der Waals surface area contributed by atoms with Crippen molar-refractivity contribution >= 4 is 40.0 Å². The van der Waals surface area contributed by atoms with Gasteiger partial charge in [-0.1, -0.05) is 18.5 Å². The van der Waals surface area contributed by atoms with E-state index in [-0.39, 0.29) is 31.4 Å². The first kappa shape index (κ1) is 25.9. The highest BCUT2D eigenvalue weighted by Crippen LogP contribution is 2.29. The summed E-state index contributed by atoms with van der Waals surface area (Å²) in [6.45, 7) is 5.29. The van der Waals surface area contributed by atoms with Gasteiger partial charge in [-0.2, -0.15) is 5.26 Å². The molecule has 1 unspecified atom stereocenters.